The van der Waals surface area contributed by atoms with Gasteiger partial charge in [0.2, 0.25) is 0 Å². The molecular formula is C21H45IS. The zero-order valence-electron chi connectivity index (χ0n) is 16.5. The Labute approximate surface area is 168 Å². The van der Waals surface area contributed by atoms with E-state index in [9.17, 15) is 0 Å². The topological polar surface area (TPSA) is 0 Å². The first-order valence-electron chi connectivity index (χ1n) is 10.4. The van der Waals surface area contributed by atoms with Crippen molar-refractivity contribution in [3.63, 3.8) is 0 Å². The maximum absolute atomic E-state index is 2.42. The van der Waals surface area contributed by atoms with Crippen LogP contribution in [-0.4, -0.2) is 17.8 Å². The van der Waals surface area contributed by atoms with Gasteiger partial charge in [0.05, 0.1) is 6.26 Å². The molecule has 23 heavy (non-hydrogen) atoms. The molecule has 0 heterocycles. The lowest BCUT2D eigenvalue weighted by atomic mass is 10.0. The standard InChI is InChI=1S/C21H45S.HI/c1-4-6-7-8-9-10-11-12-13-14-15-16-17-18-19-20-21-22(3)5-2;/h4-21H2,1-3H3;1H/q+1;/p-1. The first-order valence-corrected chi connectivity index (χ1v) is 12.4. The molecule has 0 aromatic rings. The van der Waals surface area contributed by atoms with Crippen molar-refractivity contribution in [3.8, 4) is 0 Å². The van der Waals surface area contributed by atoms with E-state index < -0.39 is 0 Å². The Balaban J connectivity index is 0. The molecule has 0 radical (unpaired) electrons. The van der Waals surface area contributed by atoms with Gasteiger partial charge < -0.3 is 24.0 Å². The molecule has 0 fully saturated rings. The third kappa shape index (κ3) is 23.1. The summed E-state index contributed by atoms with van der Waals surface area (Å²) in [6.45, 7) is 4.63. The summed E-state index contributed by atoms with van der Waals surface area (Å²) in [5.74, 6) is 2.87. The first-order chi connectivity index (χ1) is 10.8. The van der Waals surface area contributed by atoms with E-state index in [1.807, 2.05) is 0 Å². The van der Waals surface area contributed by atoms with Crippen molar-refractivity contribution < 1.29 is 24.0 Å². The van der Waals surface area contributed by atoms with Crippen LogP contribution in [0.15, 0.2) is 0 Å². The van der Waals surface area contributed by atoms with E-state index in [2.05, 4.69) is 20.1 Å². The molecule has 0 N–H and O–H groups in total. The lowest BCUT2D eigenvalue weighted by Crippen LogP contribution is -3.00. The fourth-order valence-corrected chi connectivity index (χ4v) is 4.03. The molecule has 0 nitrogen and oxygen atoms in total. The van der Waals surface area contributed by atoms with Crippen LogP contribution in [0.1, 0.15) is 117 Å². The number of unbranched alkanes of at least 4 members (excludes halogenated alkanes) is 15. The smallest absolute Gasteiger partial charge is 0.107 e. The van der Waals surface area contributed by atoms with Crippen molar-refractivity contribution in [2.45, 2.75) is 117 Å². The van der Waals surface area contributed by atoms with E-state index in [4.69, 9.17) is 0 Å². The third-order valence-corrected chi connectivity index (χ3v) is 6.81. The summed E-state index contributed by atoms with van der Waals surface area (Å²) in [6.07, 6.45) is 26.0. The van der Waals surface area contributed by atoms with Crippen LogP contribution < -0.4 is 24.0 Å². The number of hydrogen-bond acceptors (Lipinski definition) is 0. The van der Waals surface area contributed by atoms with E-state index in [0.29, 0.717) is 10.9 Å². The van der Waals surface area contributed by atoms with Gasteiger partial charge in [-0.15, -0.1) is 0 Å². The van der Waals surface area contributed by atoms with Crippen LogP contribution in [-0.2, 0) is 10.9 Å². The Hall–Kier alpha value is 1.08. The fourth-order valence-electron chi connectivity index (χ4n) is 3.04. The first kappa shape index (κ1) is 26.3. The fraction of sp³-hybridized carbons (Fsp3) is 1.00. The van der Waals surface area contributed by atoms with Gasteiger partial charge in [-0.1, -0.05) is 96.8 Å². The second kappa shape index (κ2) is 23.1. The summed E-state index contributed by atoms with van der Waals surface area (Å²) >= 11 is 0. The highest BCUT2D eigenvalue weighted by Gasteiger charge is 2.05. The number of halogens is 1. The molecule has 0 aliphatic heterocycles. The molecule has 0 aromatic heterocycles. The van der Waals surface area contributed by atoms with Gasteiger partial charge in [-0.25, -0.2) is 0 Å². The highest BCUT2D eigenvalue weighted by atomic mass is 127. The maximum atomic E-state index is 2.42. The molecule has 1 unspecified atom stereocenters. The summed E-state index contributed by atoms with van der Waals surface area (Å²) in [6, 6.07) is 0. The van der Waals surface area contributed by atoms with Crippen LogP contribution in [0, 0.1) is 0 Å². The second-order valence-electron chi connectivity index (χ2n) is 7.08. The Morgan fingerprint density at radius 3 is 1.09 bits per heavy atom. The summed E-state index contributed by atoms with van der Waals surface area (Å²) in [4.78, 5) is 0. The number of hydrogen-bond donors (Lipinski definition) is 0. The Kier molecular flexibility index (Phi) is 26.4. The van der Waals surface area contributed by atoms with E-state index in [1.165, 1.54) is 114 Å². The van der Waals surface area contributed by atoms with Gasteiger partial charge in [0.1, 0.15) is 11.5 Å². The largest absolute Gasteiger partial charge is 1.00 e. The van der Waals surface area contributed by atoms with Gasteiger partial charge >= 0.3 is 0 Å². The minimum atomic E-state index is 0. The monoisotopic (exact) mass is 456 g/mol. The van der Waals surface area contributed by atoms with E-state index in [-0.39, 0.29) is 24.0 Å². The normalized spacial score (nSPS) is 12.1. The van der Waals surface area contributed by atoms with Crippen LogP contribution in [0.25, 0.3) is 0 Å². The Bertz CT molecular complexity index is 196. The van der Waals surface area contributed by atoms with Crippen molar-refractivity contribution in [2.24, 2.45) is 0 Å². The molecular weight excluding hydrogens is 411 g/mol. The predicted molar refractivity (Wildman–Crippen MR) is 108 cm³/mol. The lowest BCUT2D eigenvalue weighted by Gasteiger charge is -2.03. The molecule has 0 aromatic carbocycles. The van der Waals surface area contributed by atoms with E-state index in [1.54, 1.807) is 0 Å². The molecule has 1 atom stereocenters. The molecule has 142 valence electrons. The van der Waals surface area contributed by atoms with Crippen molar-refractivity contribution >= 4 is 10.9 Å². The van der Waals surface area contributed by atoms with Gasteiger partial charge in [-0.2, -0.15) is 0 Å². The molecule has 0 saturated heterocycles. The summed E-state index contributed by atoms with van der Waals surface area (Å²) in [7, 11) is 0.706. The van der Waals surface area contributed by atoms with Crippen LogP contribution in [0.4, 0.5) is 0 Å². The molecule has 2 heteroatoms. The molecule has 0 amide bonds. The van der Waals surface area contributed by atoms with Crippen LogP contribution >= 0.6 is 0 Å². The predicted octanol–water partition coefficient (Wildman–Crippen LogP) is 4.52. The molecule has 0 aliphatic carbocycles. The van der Waals surface area contributed by atoms with Gasteiger partial charge in [0, 0.05) is 0 Å². The highest BCUT2D eigenvalue weighted by Crippen LogP contribution is 2.13. The van der Waals surface area contributed by atoms with Crippen molar-refractivity contribution in [2.75, 3.05) is 17.8 Å². The molecule has 0 spiro atoms. The van der Waals surface area contributed by atoms with E-state index in [0.717, 1.165) is 0 Å². The van der Waals surface area contributed by atoms with Crippen LogP contribution in [0.5, 0.6) is 0 Å². The minimum Gasteiger partial charge on any atom is -1.00 e. The van der Waals surface area contributed by atoms with Gasteiger partial charge in [0.15, 0.2) is 0 Å². The van der Waals surface area contributed by atoms with Gasteiger partial charge in [0.25, 0.3) is 0 Å². The zero-order valence-corrected chi connectivity index (χ0v) is 19.5. The number of rotatable bonds is 18. The molecule has 0 aliphatic rings. The lowest BCUT2D eigenvalue weighted by molar-refractivity contribution is -0.00000502. The highest BCUT2D eigenvalue weighted by molar-refractivity contribution is 7.96. The Morgan fingerprint density at radius 2 is 0.783 bits per heavy atom. The molecule has 0 saturated carbocycles. The van der Waals surface area contributed by atoms with Crippen molar-refractivity contribution in [1.29, 1.82) is 0 Å². The second-order valence-corrected chi connectivity index (χ2v) is 9.63. The molecule has 0 rings (SSSR count). The SMILES string of the molecule is CCCCCCCCCCCCCCCCCC[S+](C)CC.[I-]. The summed E-state index contributed by atoms with van der Waals surface area (Å²) in [5, 5.41) is 0. The molecule has 0 bridgehead atoms. The van der Waals surface area contributed by atoms with E-state index >= 15 is 0 Å². The van der Waals surface area contributed by atoms with Crippen LogP contribution in [0.2, 0.25) is 0 Å². The summed E-state index contributed by atoms with van der Waals surface area (Å²) < 4.78 is 0. The van der Waals surface area contributed by atoms with Crippen LogP contribution in [0.3, 0.4) is 0 Å². The quantitative estimate of drug-likeness (QED) is 0.162. The average Bonchev–Trinajstić information content (AvgIpc) is 2.54. The third-order valence-electron chi connectivity index (χ3n) is 4.84. The van der Waals surface area contributed by atoms with Gasteiger partial charge in [-0.3, -0.25) is 0 Å². The van der Waals surface area contributed by atoms with Crippen molar-refractivity contribution in [1.82, 2.24) is 0 Å². The minimum absolute atomic E-state index is 0. The van der Waals surface area contributed by atoms with Crippen molar-refractivity contribution in [3.05, 3.63) is 0 Å². The maximum Gasteiger partial charge on any atom is 0.107 e. The Morgan fingerprint density at radius 1 is 0.478 bits per heavy atom. The summed E-state index contributed by atoms with van der Waals surface area (Å²) in [5.41, 5.74) is 0. The zero-order chi connectivity index (χ0) is 16.3. The van der Waals surface area contributed by atoms with Gasteiger partial charge in [-0.05, 0) is 30.7 Å². The average molecular weight is 457 g/mol.